The number of thioether (sulfide) groups is 1. The predicted molar refractivity (Wildman–Crippen MR) is 59.3 cm³/mol. The summed E-state index contributed by atoms with van der Waals surface area (Å²) in [4.78, 5) is 11.8. The third kappa shape index (κ3) is 1.91. The molecular formula is C10H19NO2S. The Bertz CT molecular complexity index is 230. The highest BCUT2D eigenvalue weighted by atomic mass is 32.2. The van der Waals surface area contributed by atoms with Gasteiger partial charge < -0.3 is 10.5 Å². The lowest BCUT2D eigenvalue weighted by Crippen LogP contribution is -2.63. The van der Waals surface area contributed by atoms with Gasteiger partial charge in [0.2, 0.25) is 0 Å². The van der Waals surface area contributed by atoms with Crippen LogP contribution in [0.2, 0.25) is 0 Å². The van der Waals surface area contributed by atoms with Crippen molar-refractivity contribution in [1.82, 2.24) is 0 Å². The molecule has 1 heterocycles. The van der Waals surface area contributed by atoms with E-state index in [9.17, 15) is 4.79 Å². The first-order valence-electron chi connectivity index (χ1n) is 4.98. The fourth-order valence-electron chi connectivity index (χ4n) is 1.57. The second-order valence-electron chi connectivity index (χ2n) is 4.38. The summed E-state index contributed by atoms with van der Waals surface area (Å²) >= 11 is 1.73. The van der Waals surface area contributed by atoms with Crippen molar-refractivity contribution in [2.45, 2.75) is 32.7 Å². The van der Waals surface area contributed by atoms with E-state index in [2.05, 4.69) is 0 Å². The molecule has 3 nitrogen and oxygen atoms in total. The molecule has 1 aliphatic heterocycles. The van der Waals surface area contributed by atoms with Gasteiger partial charge in [0.15, 0.2) is 0 Å². The van der Waals surface area contributed by atoms with Gasteiger partial charge in [0.05, 0.1) is 6.61 Å². The largest absolute Gasteiger partial charge is 0.465 e. The molecule has 0 aromatic heterocycles. The molecule has 0 saturated carbocycles. The fraction of sp³-hybridized carbons (Fsp3) is 0.900. The van der Waals surface area contributed by atoms with Crippen LogP contribution in [-0.2, 0) is 9.53 Å². The van der Waals surface area contributed by atoms with Gasteiger partial charge in [0.1, 0.15) is 5.54 Å². The Morgan fingerprint density at radius 1 is 1.57 bits per heavy atom. The maximum absolute atomic E-state index is 11.8. The van der Waals surface area contributed by atoms with Gasteiger partial charge in [0.25, 0.3) is 0 Å². The smallest absolute Gasteiger partial charge is 0.327 e. The lowest BCUT2D eigenvalue weighted by Gasteiger charge is -2.44. The molecule has 0 aromatic rings. The first-order valence-corrected chi connectivity index (χ1v) is 6.13. The molecule has 0 bridgehead atoms. The van der Waals surface area contributed by atoms with Gasteiger partial charge >= 0.3 is 5.97 Å². The second-order valence-corrected chi connectivity index (χ2v) is 5.48. The van der Waals surface area contributed by atoms with Crippen LogP contribution in [-0.4, -0.2) is 29.6 Å². The number of ether oxygens (including phenoxy) is 1. The lowest BCUT2D eigenvalue weighted by molar-refractivity contribution is -0.153. The van der Waals surface area contributed by atoms with Gasteiger partial charge in [-0.05, 0) is 24.5 Å². The van der Waals surface area contributed by atoms with Gasteiger partial charge in [-0.3, -0.25) is 4.79 Å². The highest BCUT2D eigenvalue weighted by molar-refractivity contribution is 7.99. The monoisotopic (exact) mass is 217 g/mol. The van der Waals surface area contributed by atoms with Crippen LogP contribution in [0.25, 0.3) is 0 Å². The van der Waals surface area contributed by atoms with E-state index in [1.807, 2.05) is 20.8 Å². The summed E-state index contributed by atoms with van der Waals surface area (Å²) in [5.74, 6) is 1.49. The molecule has 1 atom stereocenters. The molecule has 0 spiro atoms. The summed E-state index contributed by atoms with van der Waals surface area (Å²) in [5, 5.41) is 0. The van der Waals surface area contributed by atoms with E-state index in [0.29, 0.717) is 12.4 Å². The molecule has 1 saturated heterocycles. The Kier molecular flexibility index (Phi) is 3.48. The maximum atomic E-state index is 11.8. The van der Waals surface area contributed by atoms with Gasteiger partial charge in [-0.15, -0.1) is 0 Å². The first-order chi connectivity index (χ1) is 6.44. The standard InChI is InChI=1S/C10H19NO2S/c1-4-13-8(12)10(11)7-14-6-5-9(10,2)3/h4-7,11H2,1-3H3. The average molecular weight is 217 g/mol. The summed E-state index contributed by atoms with van der Waals surface area (Å²) in [6.45, 7) is 6.30. The van der Waals surface area contributed by atoms with Crippen molar-refractivity contribution in [2.75, 3.05) is 18.1 Å². The van der Waals surface area contributed by atoms with Crippen LogP contribution >= 0.6 is 11.8 Å². The van der Waals surface area contributed by atoms with Crippen LogP contribution in [0, 0.1) is 5.41 Å². The SMILES string of the molecule is CCOC(=O)C1(N)CSCCC1(C)C. The van der Waals surface area contributed by atoms with E-state index in [1.165, 1.54) is 0 Å². The molecule has 1 aliphatic rings. The topological polar surface area (TPSA) is 52.3 Å². The number of nitrogens with two attached hydrogens (primary N) is 1. The second kappa shape index (κ2) is 4.11. The molecule has 0 radical (unpaired) electrons. The highest BCUT2D eigenvalue weighted by Gasteiger charge is 2.50. The van der Waals surface area contributed by atoms with E-state index in [4.69, 9.17) is 10.5 Å². The molecule has 0 aromatic carbocycles. The van der Waals surface area contributed by atoms with Crippen LogP contribution in [0.15, 0.2) is 0 Å². The Labute approximate surface area is 89.8 Å². The summed E-state index contributed by atoms with van der Waals surface area (Å²) in [5.41, 5.74) is 5.20. The molecule has 1 unspecified atom stereocenters. The third-order valence-electron chi connectivity index (χ3n) is 3.05. The zero-order valence-corrected chi connectivity index (χ0v) is 9.95. The van der Waals surface area contributed by atoms with Gasteiger partial charge in [0, 0.05) is 5.75 Å². The van der Waals surface area contributed by atoms with Crippen LogP contribution in [0.1, 0.15) is 27.2 Å². The molecule has 2 N–H and O–H groups in total. The van der Waals surface area contributed by atoms with Crippen LogP contribution in [0.3, 0.4) is 0 Å². The minimum Gasteiger partial charge on any atom is -0.465 e. The Hall–Kier alpha value is -0.220. The highest BCUT2D eigenvalue weighted by Crippen LogP contribution is 2.41. The summed E-state index contributed by atoms with van der Waals surface area (Å²) < 4.78 is 5.04. The van der Waals surface area contributed by atoms with Crippen molar-refractivity contribution in [2.24, 2.45) is 11.1 Å². The Balaban J connectivity index is 2.83. The number of hydrogen-bond donors (Lipinski definition) is 1. The van der Waals surface area contributed by atoms with E-state index >= 15 is 0 Å². The average Bonchev–Trinajstić information content (AvgIpc) is 2.10. The number of esters is 1. The predicted octanol–water partition coefficient (Wildman–Crippen LogP) is 1.41. The summed E-state index contributed by atoms with van der Waals surface area (Å²) in [6.07, 6.45) is 0.965. The van der Waals surface area contributed by atoms with Crippen molar-refractivity contribution >= 4 is 17.7 Å². The first kappa shape index (κ1) is 11.9. The Morgan fingerprint density at radius 2 is 2.21 bits per heavy atom. The quantitative estimate of drug-likeness (QED) is 0.711. The minimum absolute atomic E-state index is 0.162. The molecule has 14 heavy (non-hydrogen) atoms. The van der Waals surface area contributed by atoms with Crippen LogP contribution in [0.4, 0.5) is 0 Å². The molecule has 1 fully saturated rings. The van der Waals surface area contributed by atoms with Crippen LogP contribution < -0.4 is 5.73 Å². The van der Waals surface area contributed by atoms with E-state index in [0.717, 1.165) is 12.2 Å². The van der Waals surface area contributed by atoms with Crippen molar-refractivity contribution in [3.63, 3.8) is 0 Å². The van der Waals surface area contributed by atoms with E-state index in [1.54, 1.807) is 11.8 Å². The van der Waals surface area contributed by atoms with Crippen molar-refractivity contribution in [3.8, 4) is 0 Å². The maximum Gasteiger partial charge on any atom is 0.327 e. The minimum atomic E-state index is -0.814. The van der Waals surface area contributed by atoms with E-state index < -0.39 is 5.54 Å². The zero-order valence-electron chi connectivity index (χ0n) is 9.13. The summed E-state index contributed by atoms with van der Waals surface area (Å²) in [7, 11) is 0. The van der Waals surface area contributed by atoms with Crippen molar-refractivity contribution < 1.29 is 9.53 Å². The number of rotatable bonds is 2. The molecule has 0 aliphatic carbocycles. The zero-order chi connectivity index (χ0) is 10.8. The van der Waals surface area contributed by atoms with E-state index in [-0.39, 0.29) is 11.4 Å². The Morgan fingerprint density at radius 3 is 2.71 bits per heavy atom. The lowest BCUT2D eigenvalue weighted by atomic mass is 9.71. The molecule has 82 valence electrons. The number of carbonyl (C=O) groups excluding carboxylic acids is 1. The third-order valence-corrected chi connectivity index (χ3v) is 4.20. The fourth-order valence-corrected chi connectivity index (χ4v) is 3.20. The molecule has 4 heteroatoms. The normalized spacial score (nSPS) is 31.1. The van der Waals surface area contributed by atoms with Gasteiger partial charge in [-0.2, -0.15) is 11.8 Å². The molecule has 0 amide bonds. The van der Waals surface area contributed by atoms with Crippen molar-refractivity contribution in [3.05, 3.63) is 0 Å². The van der Waals surface area contributed by atoms with Crippen LogP contribution in [0.5, 0.6) is 0 Å². The number of carbonyl (C=O) groups is 1. The summed E-state index contributed by atoms with van der Waals surface area (Å²) in [6, 6.07) is 0. The van der Waals surface area contributed by atoms with Crippen molar-refractivity contribution in [1.29, 1.82) is 0 Å². The van der Waals surface area contributed by atoms with Gasteiger partial charge in [-0.25, -0.2) is 0 Å². The molecular weight excluding hydrogens is 198 g/mol. The van der Waals surface area contributed by atoms with Gasteiger partial charge in [-0.1, -0.05) is 13.8 Å². The molecule has 1 rings (SSSR count). The number of hydrogen-bond acceptors (Lipinski definition) is 4.